The van der Waals surface area contributed by atoms with Crippen molar-refractivity contribution < 1.29 is 18.0 Å². The minimum absolute atomic E-state index is 0.115. The highest BCUT2D eigenvalue weighted by atomic mass is 35.5. The van der Waals surface area contributed by atoms with Crippen molar-refractivity contribution in [2.45, 2.75) is 48.2 Å². The number of aromatic nitrogens is 1. The standard InChI is InChI=1S/C26H21Cl2F3N2O2S2/c27-16-6-3-4-14(21(16)28)20-19-12-8-9-13(10-12)22(19)36-24-23(20)37-25(35)33(24)11-18(34)32-17-7-2-1-5-15(17)26(29,30)31/h1-7,12-13,19-20,22H,8-11H2,(H,32,34). The lowest BCUT2D eigenvalue weighted by molar-refractivity contribution is -0.137. The van der Waals surface area contributed by atoms with Crippen LogP contribution >= 0.6 is 46.3 Å². The van der Waals surface area contributed by atoms with Gasteiger partial charge in [0.25, 0.3) is 0 Å². The van der Waals surface area contributed by atoms with Crippen LogP contribution in [0.2, 0.25) is 10.0 Å². The number of alkyl halides is 3. The van der Waals surface area contributed by atoms with E-state index in [9.17, 15) is 22.8 Å². The fourth-order valence-corrected chi connectivity index (χ4v) is 9.94. The maximum atomic E-state index is 13.4. The van der Waals surface area contributed by atoms with Gasteiger partial charge < -0.3 is 5.32 Å². The molecule has 1 amide bonds. The Morgan fingerprint density at radius 3 is 2.62 bits per heavy atom. The quantitative estimate of drug-likeness (QED) is 0.345. The smallest absolute Gasteiger partial charge is 0.324 e. The van der Waals surface area contributed by atoms with Gasteiger partial charge in [-0.05, 0) is 60.8 Å². The molecule has 2 bridgehead atoms. The second-order valence-corrected chi connectivity index (χ2v) is 12.8. The second kappa shape index (κ2) is 9.36. The molecule has 0 spiro atoms. The van der Waals surface area contributed by atoms with Crippen LogP contribution in [0, 0.1) is 17.8 Å². The summed E-state index contributed by atoms with van der Waals surface area (Å²) in [6, 6.07) is 10.4. The van der Waals surface area contributed by atoms with Crippen molar-refractivity contribution in [1.29, 1.82) is 0 Å². The summed E-state index contributed by atoms with van der Waals surface area (Å²) >= 11 is 15.8. The fourth-order valence-electron chi connectivity index (χ4n) is 6.37. The highest BCUT2D eigenvalue weighted by Crippen LogP contribution is 2.64. The largest absolute Gasteiger partial charge is 0.418 e. The van der Waals surface area contributed by atoms with Gasteiger partial charge in [0.1, 0.15) is 6.54 Å². The lowest BCUT2D eigenvalue weighted by atomic mass is 9.75. The van der Waals surface area contributed by atoms with E-state index in [1.165, 1.54) is 22.8 Å². The van der Waals surface area contributed by atoms with E-state index in [1.807, 2.05) is 12.1 Å². The summed E-state index contributed by atoms with van der Waals surface area (Å²) in [4.78, 5) is 26.7. The van der Waals surface area contributed by atoms with Gasteiger partial charge in [-0.1, -0.05) is 58.8 Å². The first-order valence-corrected chi connectivity index (χ1v) is 14.4. The fraction of sp³-hybridized carbons (Fsp3) is 0.385. The van der Waals surface area contributed by atoms with Crippen molar-refractivity contribution in [3.63, 3.8) is 0 Å². The number of thioether (sulfide) groups is 1. The zero-order valence-corrected chi connectivity index (χ0v) is 22.4. The number of nitrogens with one attached hydrogen (secondary N) is 1. The Balaban J connectivity index is 1.38. The molecule has 2 aliphatic carbocycles. The summed E-state index contributed by atoms with van der Waals surface area (Å²) in [7, 11) is 0. The van der Waals surface area contributed by atoms with Crippen LogP contribution in [0.1, 0.15) is 41.2 Å². The van der Waals surface area contributed by atoms with Crippen LogP contribution < -0.4 is 10.2 Å². The van der Waals surface area contributed by atoms with E-state index >= 15 is 0 Å². The molecule has 1 aliphatic heterocycles. The van der Waals surface area contributed by atoms with Crippen molar-refractivity contribution in [3.05, 3.63) is 78.2 Å². The lowest BCUT2D eigenvalue weighted by Gasteiger charge is -2.40. The van der Waals surface area contributed by atoms with Gasteiger partial charge >= 0.3 is 11.0 Å². The molecule has 5 atom stereocenters. The molecule has 2 fully saturated rings. The molecule has 1 N–H and O–H groups in total. The third-order valence-electron chi connectivity index (χ3n) is 7.82. The molecule has 37 heavy (non-hydrogen) atoms. The third kappa shape index (κ3) is 4.32. The van der Waals surface area contributed by atoms with Crippen LogP contribution in [0.4, 0.5) is 18.9 Å². The van der Waals surface area contributed by atoms with Gasteiger partial charge in [-0.3, -0.25) is 14.2 Å². The van der Waals surface area contributed by atoms with Gasteiger partial charge in [-0.2, -0.15) is 13.2 Å². The molecule has 2 saturated carbocycles. The molecule has 4 nitrogen and oxygen atoms in total. The number of nitrogens with zero attached hydrogens (tertiary/aromatic N) is 1. The molecule has 1 aromatic heterocycles. The van der Waals surface area contributed by atoms with Gasteiger partial charge in [0.05, 0.1) is 26.3 Å². The molecule has 0 saturated heterocycles. The number of benzene rings is 2. The van der Waals surface area contributed by atoms with Gasteiger partial charge in [0, 0.05) is 16.0 Å². The Bertz CT molecular complexity index is 1450. The SMILES string of the molecule is O=C(Cn1c2c(sc1=O)C(c1cccc(Cl)c1Cl)C1C3CCC(C3)C1S2)Nc1ccccc1C(F)(F)F. The predicted octanol–water partition coefficient (Wildman–Crippen LogP) is 7.53. The van der Waals surface area contributed by atoms with Crippen LogP contribution in [0.3, 0.4) is 0 Å². The van der Waals surface area contributed by atoms with Crippen molar-refractivity contribution in [2.75, 3.05) is 5.32 Å². The highest BCUT2D eigenvalue weighted by Gasteiger charge is 2.55. The van der Waals surface area contributed by atoms with E-state index < -0.39 is 17.6 Å². The molecule has 2 heterocycles. The Labute approximate surface area is 229 Å². The molecule has 0 radical (unpaired) electrons. The number of carbonyl (C=O) groups is 1. The van der Waals surface area contributed by atoms with Crippen LogP contribution in [-0.2, 0) is 17.5 Å². The number of fused-ring (bicyclic) bond motifs is 6. The third-order valence-corrected chi connectivity index (χ3v) is 11.5. The molecule has 2 aromatic carbocycles. The first-order chi connectivity index (χ1) is 17.6. The van der Waals surface area contributed by atoms with Crippen molar-refractivity contribution in [1.82, 2.24) is 4.57 Å². The van der Waals surface area contributed by atoms with E-state index in [0.29, 0.717) is 32.8 Å². The van der Waals surface area contributed by atoms with Gasteiger partial charge in [0.2, 0.25) is 5.91 Å². The van der Waals surface area contributed by atoms with Crippen molar-refractivity contribution in [3.8, 4) is 0 Å². The maximum absolute atomic E-state index is 13.4. The number of hydrogen-bond acceptors (Lipinski definition) is 4. The van der Waals surface area contributed by atoms with Crippen LogP contribution in [0.15, 0.2) is 52.3 Å². The second-order valence-electron chi connectivity index (χ2n) is 9.83. The van der Waals surface area contributed by atoms with Crippen molar-refractivity contribution >= 4 is 57.9 Å². The summed E-state index contributed by atoms with van der Waals surface area (Å²) in [5, 5.41) is 4.28. The number of carbonyl (C=O) groups excluding carboxylic acids is 1. The number of rotatable bonds is 4. The first kappa shape index (κ1) is 25.3. The van der Waals surface area contributed by atoms with Crippen LogP contribution in [0.25, 0.3) is 0 Å². The molecule has 3 aliphatic rings. The predicted molar refractivity (Wildman–Crippen MR) is 141 cm³/mol. The molecular weight excluding hydrogens is 564 g/mol. The zero-order valence-electron chi connectivity index (χ0n) is 19.2. The average molecular weight is 586 g/mol. The molecule has 194 valence electrons. The zero-order chi connectivity index (χ0) is 26.1. The summed E-state index contributed by atoms with van der Waals surface area (Å²) in [6.07, 6.45) is -1.20. The topological polar surface area (TPSA) is 51.1 Å². The van der Waals surface area contributed by atoms with Gasteiger partial charge in [-0.15, -0.1) is 11.8 Å². The minimum atomic E-state index is -4.61. The first-order valence-electron chi connectivity index (χ1n) is 11.9. The van der Waals surface area contributed by atoms with E-state index in [1.54, 1.807) is 17.8 Å². The number of anilines is 1. The van der Waals surface area contributed by atoms with Gasteiger partial charge in [0.15, 0.2) is 0 Å². The van der Waals surface area contributed by atoms with Crippen LogP contribution in [0.5, 0.6) is 0 Å². The summed E-state index contributed by atoms with van der Waals surface area (Å²) < 4.78 is 41.6. The van der Waals surface area contributed by atoms with E-state index in [4.69, 9.17) is 23.2 Å². The number of amides is 1. The summed E-state index contributed by atoms with van der Waals surface area (Å²) in [5.41, 5.74) is -0.380. The van der Waals surface area contributed by atoms with E-state index in [2.05, 4.69) is 5.32 Å². The number of hydrogen-bond donors (Lipinski definition) is 1. The maximum Gasteiger partial charge on any atom is 0.418 e. The molecular formula is C26H21Cl2F3N2O2S2. The Morgan fingerprint density at radius 1 is 1.08 bits per heavy atom. The monoisotopic (exact) mass is 584 g/mol. The van der Waals surface area contributed by atoms with Crippen LogP contribution in [-0.4, -0.2) is 15.7 Å². The summed E-state index contributed by atoms with van der Waals surface area (Å²) in [5.74, 6) is 0.558. The van der Waals surface area contributed by atoms with Gasteiger partial charge in [-0.25, -0.2) is 0 Å². The highest BCUT2D eigenvalue weighted by molar-refractivity contribution is 8.00. The molecule has 5 unspecified atom stereocenters. The number of para-hydroxylation sites is 1. The Kier molecular flexibility index (Phi) is 6.41. The minimum Gasteiger partial charge on any atom is -0.324 e. The van der Waals surface area contributed by atoms with E-state index in [0.717, 1.165) is 47.1 Å². The number of halogens is 5. The normalized spacial score (nSPS) is 26.1. The molecule has 11 heteroatoms. The molecule has 3 aromatic rings. The van der Waals surface area contributed by atoms with E-state index in [-0.39, 0.29) is 28.3 Å². The average Bonchev–Trinajstić information content (AvgIpc) is 3.54. The van der Waals surface area contributed by atoms with Crippen molar-refractivity contribution in [2.24, 2.45) is 17.8 Å². The lowest BCUT2D eigenvalue weighted by Crippen LogP contribution is -2.35. The Morgan fingerprint density at radius 2 is 1.84 bits per heavy atom. The Hall–Kier alpha value is -1.94. The summed E-state index contributed by atoms with van der Waals surface area (Å²) in [6.45, 7) is -0.370. The molecule has 6 rings (SSSR count). The number of thiazole rings is 1.